The second kappa shape index (κ2) is 7.96. The van der Waals surface area contributed by atoms with Crippen LogP contribution in [0, 0.1) is 5.82 Å². The maximum Gasteiger partial charge on any atom is 0.274 e. The summed E-state index contributed by atoms with van der Waals surface area (Å²) in [5.41, 5.74) is 2.77. The number of hydrogen-bond donors (Lipinski definition) is 2. The second-order valence-electron chi connectivity index (χ2n) is 6.26. The number of nitrogens with one attached hydrogen (secondary N) is 2. The monoisotopic (exact) mass is 379 g/mol. The van der Waals surface area contributed by atoms with Crippen LogP contribution in [0.2, 0.25) is 0 Å². The van der Waals surface area contributed by atoms with E-state index in [0.29, 0.717) is 29.4 Å². The van der Waals surface area contributed by atoms with Crippen LogP contribution in [-0.4, -0.2) is 24.2 Å². The van der Waals surface area contributed by atoms with Crippen molar-refractivity contribution in [2.75, 3.05) is 24.0 Å². The fourth-order valence-electron chi connectivity index (χ4n) is 2.80. The van der Waals surface area contributed by atoms with Crippen molar-refractivity contribution in [2.24, 2.45) is 0 Å². The van der Waals surface area contributed by atoms with Gasteiger partial charge in [0, 0.05) is 18.3 Å². The molecule has 0 spiro atoms. The molecule has 7 heteroatoms. The Kier molecular flexibility index (Phi) is 5.05. The number of hydrogen-bond acceptors (Lipinski definition) is 5. The van der Waals surface area contributed by atoms with Crippen LogP contribution in [0.3, 0.4) is 0 Å². The summed E-state index contributed by atoms with van der Waals surface area (Å²) in [5, 5.41) is 6.02. The third kappa shape index (κ3) is 4.20. The summed E-state index contributed by atoms with van der Waals surface area (Å²) in [6.07, 6.45) is 2.37. The molecule has 1 amide bonds. The molecule has 0 saturated carbocycles. The number of aromatic nitrogens is 1. The van der Waals surface area contributed by atoms with Crippen LogP contribution >= 0.6 is 0 Å². The molecule has 1 aliphatic heterocycles. The lowest BCUT2D eigenvalue weighted by Crippen LogP contribution is -2.14. The molecule has 3 aromatic rings. The largest absolute Gasteiger partial charge is 0.454 e. The van der Waals surface area contributed by atoms with E-state index in [4.69, 9.17) is 9.47 Å². The molecule has 2 heterocycles. The average Bonchev–Trinajstić information content (AvgIpc) is 3.18. The van der Waals surface area contributed by atoms with Crippen molar-refractivity contribution in [3.63, 3.8) is 0 Å². The highest BCUT2D eigenvalue weighted by molar-refractivity contribution is 6.03. The van der Waals surface area contributed by atoms with Gasteiger partial charge in [0.2, 0.25) is 6.79 Å². The summed E-state index contributed by atoms with van der Waals surface area (Å²) in [7, 11) is 0. The minimum absolute atomic E-state index is 0.184. The molecule has 2 N–H and O–H groups in total. The molecular weight excluding hydrogens is 361 g/mol. The Morgan fingerprint density at radius 2 is 1.79 bits per heavy atom. The van der Waals surface area contributed by atoms with Crippen molar-refractivity contribution in [3.8, 4) is 11.5 Å². The Balaban J connectivity index is 1.31. The van der Waals surface area contributed by atoms with Gasteiger partial charge in [0.25, 0.3) is 5.91 Å². The van der Waals surface area contributed by atoms with E-state index in [9.17, 15) is 9.18 Å². The van der Waals surface area contributed by atoms with Crippen LogP contribution in [0.5, 0.6) is 11.5 Å². The van der Waals surface area contributed by atoms with Crippen LogP contribution in [0.4, 0.5) is 15.8 Å². The van der Waals surface area contributed by atoms with Gasteiger partial charge in [-0.3, -0.25) is 4.79 Å². The third-order valence-corrected chi connectivity index (χ3v) is 4.28. The van der Waals surface area contributed by atoms with E-state index in [1.54, 1.807) is 48.7 Å². The molecule has 1 aromatic heterocycles. The van der Waals surface area contributed by atoms with Gasteiger partial charge in [0.1, 0.15) is 11.5 Å². The summed E-state index contributed by atoms with van der Waals surface area (Å²) in [6.45, 7) is 0.861. The summed E-state index contributed by atoms with van der Waals surface area (Å²) in [5.74, 6) is 0.714. The Morgan fingerprint density at radius 3 is 2.57 bits per heavy atom. The molecule has 0 aliphatic carbocycles. The Hall–Kier alpha value is -3.61. The smallest absolute Gasteiger partial charge is 0.274 e. The van der Waals surface area contributed by atoms with E-state index in [-0.39, 0.29) is 18.5 Å². The summed E-state index contributed by atoms with van der Waals surface area (Å²) >= 11 is 0. The van der Waals surface area contributed by atoms with Gasteiger partial charge in [-0.25, -0.2) is 9.37 Å². The number of nitrogens with zero attached hydrogens (tertiary/aromatic N) is 1. The molecule has 0 radical (unpaired) electrons. The first kappa shape index (κ1) is 17.8. The average molecular weight is 379 g/mol. The first-order chi connectivity index (χ1) is 13.7. The number of anilines is 2. The summed E-state index contributed by atoms with van der Waals surface area (Å²) in [4.78, 5) is 16.6. The van der Waals surface area contributed by atoms with Crippen LogP contribution in [0.25, 0.3) is 0 Å². The number of benzene rings is 2. The van der Waals surface area contributed by atoms with Crippen LogP contribution in [0.15, 0.2) is 60.8 Å². The van der Waals surface area contributed by atoms with Crippen molar-refractivity contribution in [1.82, 2.24) is 4.98 Å². The number of carbonyl (C=O) groups excluding carboxylic acids is 1. The number of pyridine rings is 1. The molecule has 0 unspecified atom stereocenters. The molecule has 2 aromatic carbocycles. The van der Waals surface area contributed by atoms with Gasteiger partial charge in [-0.1, -0.05) is 12.1 Å². The molecule has 0 bridgehead atoms. The van der Waals surface area contributed by atoms with Crippen molar-refractivity contribution in [3.05, 3.63) is 77.9 Å². The van der Waals surface area contributed by atoms with Crippen LogP contribution in [-0.2, 0) is 6.42 Å². The number of fused-ring (bicyclic) bond motifs is 1. The van der Waals surface area contributed by atoms with Gasteiger partial charge in [0.15, 0.2) is 11.5 Å². The van der Waals surface area contributed by atoms with Gasteiger partial charge < -0.3 is 20.1 Å². The molecule has 28 heavy (non-hydrogen) atoms. The van der Waals surface area contributed by atoms with E-state index in [1.165, 1.54) is 12.1 Å². The molecule has 1 aliphatic rings. The molecule has 0 saturated heterocycles. The van der Waals surface area contributed by atoms with E-state index >= 15 is 0 Å². The lowest BCUT2D eigenvalue weighted by Gasteiger charge is -2.08. The number of ether oxygens (including phenoxy) is 2. The van der Waals surface area contributed by atoms with Gasteiger partial charge in [0.05, 0.1) is 11.9 Å². The molecule has 142 valence electrons. The molecule has 0 fully saturated rings. The lowest BCUT2D eigenvalue weighted by atomic mass is 10.1. The number of carbonyl (C=O) groups is 1. The highest BCUT2D eigenvalue weighted by Gasteiger charge is 2.15. The van der Waals surface area contributed by atoms with E-state index in [0.717, 1.165) is 17.7 Å². The Labute approximate surface area is 161 Å². The molecule has 0 atom stereocenters. The second-order valence-corrected chi connectivity index (χ2v) is 6.26. The van der Waals surface area contributed by atoms with Crippen molar-refractivity contribution in [1.29, 1.82) is 0 Å². The number of rotatable bonds is 6. The van der Waals surface area contributed by atoms with Gasteiger partial charge >= 0.3 is 0 Å². The molecule has 4 rings (SSSR count). The SMILES string of the molecule is O=C(Nc1ccc2c(c1)OCO2)c1ccc(NCCc2ccc(F)cc2)cn1. The highest BCUT2D eigenvalue weighted by atomic mass is 19.1. The third-order valence-electron chi connectivity index (χ3n) is 4.28. The predicted octanol–water partition coefficient (Wildman–Crippen LogP) is 3.86. The Morgan fingerprint density at radius 1 is 1.00 bits per heavy atom. The van der Waals surface area contributed by atoms with Crippen molar-refractivity contribution < 1.29 is 18.7 Å². The first-order valence-electron chi connectivity index (χ1n) is 8.83. The van der Waals surface area contributed by atoms with Gasteiger partial charge in [-0.15, -0.1) is 0 Å². The van der Waals surface area contributed by atoms with Gasteiger partial charge in [-0.05, 0) is 48.4 Å². The van der Waals surface area contributed by atoms with Crippen LogP contribution in [0.1, 0.15) is 16.1 Å². The van der Waals surface area contributed by atoms with Crippen LogP contribution < -0.4 is 20.1 Å². The zero-order chi connectivity index (χ0) is 19.3. The lowest BCUT2D eigenvalue weighted by molar-refractivity contribution is 0.102. The number of amides is 1. The van der Waals surface area contributed by atoms with Crippen molar-refractivity contribution in [2.45, 2.75) is 6.42 Å². The van der Waals surface area contributed by atoms with Gasteiger partial charge in [-0.2, -0.15) is 0 Å². The maximum absolute atomic E-state index is 12.9. The molecule has 6 nitrogen and oxygen atoms in total. The zero-order valence-corrected chi connectivity index (χ0v) is 14.9. The normalized spacial score (nSPS) is 11.9. The maximum atomic E-state index is 12.9. The zero-order valence-electron chi connectivity index (χ0n) is 14.9. The van der Waals surface area contributed by atoms with E-state index in [1.807, 2.05) is 0 Å². The minimum Gasteiger partial charge on any atom is -0.454 e. The standard InChI is InChI=1S/C21H18FN3O3/c22-15-3-1-14(2-4-15)9-10-23-17-5-7-18(24-12-17)21(26)25-16-6-8-19-20(11-16)28-13-27-19/h1-8,11-12,23H,9-10,13H2,(H,25,26). The topological polar surface area (TPSA) is 72.5 Å². The summed E-state index contributed by atoms with van der Waals surface area (Å²) < 4.78 is 23.5. The highest BCUT2D eigenvalue weighted by Crippen LogP contribution is 2.34. The summed E-state index contributed by atoms with van der Waals surface area (Å²) in [6, 6.07) is 15.1. The van der Waals surface area contributed by atoms with E-state index in [2.05, 4.69) is 15.6 Å². The van der Waals surface area contributed by atoms with Crippen molar-refractivity contribution >= 4 is 17.3 Å². The van der Waals surface area contributed by atoms with E-state index < -0.39 is 0 Å². The quantitative estimate of drug-likeness (QED) is 0.681. The Bertz CT molecular complexity index is 975. The fraction of sp³-hybridized carbons (Fsp3) is 0.143. The predicted molar refractivity (Wildman–Crippen MR) is 103 cm³/mol. The minimum atomic E-state index is -0.309. The first-order valence-corrected chi connectivity index (χ1v) is 8.83. The fourth-order valence-corrected chi connectivity index (χ4v) is 2.80. The molecular formula is C21H18FN3O3. The number of halogens is 1.